The fraction of sp³-hybridized carbons (Fsp3) is 0.307. The molecule has 16 nitrogen and oxygen atoms in total. The Kier molecular flexibility index (Phi) is 30.7. The summed E-state index contributed by atoms with van der Waals surface area (Å²) in [5.74, 6) is 8.13. The molecule has 0 saturated heterocycles. The predicted molar refractivity (Wildman–Crippen MR) is 362 cm³/mol. The normalized spacial score (nSPS) is 10.6. The molecule has 4 radical (unpaired) electrons. The van der Waals surface area contributed by atoms with E-state index in [1.807, 2.05) is 133 Å². The molecule has 4 aromatic carbocycles. The standard InChI is InChI=1S/3C19H21N4.C18H19N4.4Ir/c1-12(2)18-21-22-19(23(18)16-9-7-6-8-10-16)17-11-13(3)14(4)20-15(17)5;1-4-17-16(11-8-12-20-17)19-22-21-18(13-14(2)3)23(19)15-9-6-5-7-10-15;1-4-9-18-21-22-19(23(18)15-10-7-6-8-11-15)16-13-12-14(3)20-17(16)5-2;1-12(2)17-20-21-18(16-11-10-13(3)19-14(16)4)22(17)15-8-6-5-7-9-15;;;;/h6-10,12H,1-5H3;5-10,12,14H,4,13H2,1-3H3;6-8,10-12H,4-5,9H2,1-3H3;5-10,12H,1-4H3;;;;/q4*-1;;;;. The molecule has 0 aliphatic carbocycles. The van der Waals surface area contributed by atoms with Crippen LogP contribution in [-0.2, 0) is 106 Å². The molecule has 0 bridgehead atoms. The minimum Gasteiger partial charge on any atom is -0.356 e. The molecule has 0 N–H and O–H groups in total. The molecule has 0 amide bonds. The van der Waals surface area contributed by atoms with Crippen molar-refractivity contribution in [2.24, 2.45) is 5.92 Å². The molecule has 12 aromatic rings. The molecule has 8 aromatic heterocycles. The van der Waals surface area contributed by atoms with Crippen LogP contribution >= 0.6 is 0 Å². The Morgan fingerprint density at radius 2 is 0.800 bits per heavy atom. The second-order valence-electron chi connectivity index (χ2n) is 23.4. The third-order valence-corrected chi connectivity index (χ3v) is 15.1. The monoisotopic (exact) mass is 1980 g/mol. The van der Waals surface area contributed by atoms with Crippen LogP contribution in [0.4, 0.5) is 0 Å². The summed E-state index contributed by atoms with van der Waals surface area (Å²) in [6.45, 7) is 31.2. The fourth-order valence-electron chi connectivity index (χ4n) is 10.6. The van der Waals surface area contributed by atoms with E-state index in [1.165, 1.54) is 0 Å². The van der Waals surface area contributed by atoms with Gasteiger partial charge in [-0.25, -0.2) is 0 Å². The summed E-state index contributed by atoms with van der Waals surface area (Å²) in [4.78, 5) is 18.3. The van der Waals surface area contributed by atoms with Crippen LogP contribution in [0.25, 0.3) is 68.3 Å². The fourth-order valence-corrected chi connectivity index (χ4v) is 10.6. The number of hydrogen-bond donors (Lipinski definition) is 0. The minimum absolute atomic E-state index is 0. The summed E-state index contributed by atoms with van der Waals surface area (Å²) in [6.07, 6.45) is 6.26. The van der Waals surface area contributed by atoms with Crippen LogP contribution in [0.1, 0.15) is 149 Å². The van der Waals surface area contributed by atoms with Gasteiger partial charge in [0.05, 0.1) is 23.3 Å². The van der Waals surface area contributed by atoms with Crippen LogP contribution in [0, 0.1) is 71.7 Å². The van der Waals surface area contributed by atoms with Crippen LogP contribution in [0.2, 0.25) is 0 Å². The molecule has 95 heavy (non-hydrogen) atoms. The number of nitrogens with zero attached hydrogens (tertiary/aromatic N) is 16. The van der Waals surface area contributed by atoms with E-state index in [4.69, 9.17) is 0 Å². The molecule has 0 saturated carbocycles. The van der Waals surface area contributed by atoms with Crippen LogP contribution < -0.4 is 0 Å². The maximum atomic E-state index is 4.65. The Morgan fingerprint density at radius 3 is 1.25 bits per heavy atom. The number of pyridine rings is 4. The van der Waals surface area contributed by atoms with E-state index in [9.17, 15) is 0 Å². The first kappa shape index (κ1) is 78.3. The first-order valence-electron chi connectivity index (χ1n) is 31.5. The number of aryl methyl sites for hydroxylation is 9. The molecular formula is C75H82Ir4N16-4. The number of rotatable bonds is 16. The summed E-state index contributed by atoms with van der Waals surface area (Å²) in [6, 6.07) is 59.9. The topological polar surface area (TPSA) is 174 Å². The summed E-state index contributed by atoms with van der Waals surface area (Å²) in [5.41, 5.74) is 15.8. The zero-order valence-corrected chi connectivity index (χ0v) is 66.2. The molecule has 0 spiro atoms. The van der Waals surface area contributed by atoms with Crippen LogP contribution in [0.15, 0.2) is 146 Å². The number of aromatic nitrogens is 16. The first-order valence-corrected chi connectivity index (χ1v) is 31.5. The SMILES string of the molecule is CCCc1nnc(-c2[c-]cc(C)nc2CC)n1-c1ccccc1.CCc1ncc[c-]c1-c1nnc(CC(C)C)n1-c1ccccc1.Cc1[c-]c(-c2nnc(C(C)C)n2-c2ccccc2)c(C)nc1C.Cc1c[c-]c(-c2nnc(C(C)C)n2-c2ccccc2)c(C)n1.[Ir].[Ir].[Ir].[Ir]. The van der Waals surface area contributed by atoms with Gasteiger partial charge in [0.2, 0.25) is 0 Å². The van der Waals surface area contributed by atoms with Gasteiger partial charge < -0.3 is 38.2 Å². The Hall–Kier alpha value is -7.36. The minimum atomic E-state index is 0. The van der Waals surface area contributed by atoms with Gasteiger partial charge >= 0.3 is 0 Å². The Balaban J connectivity index is 0.000000226. The van der Waals surface area contributed by atoms with Crippen molar-refractivity contribution < 1.29 is 80.4 Å². The van der Waals surface area contributed by atoms with Crippen molar-refractivity contribution in [3.8, 4) is 68.3 Å². The van der Waals surface area contributed by atoms with Crippen molar-refractivity contribution >= 4 is 0 Å². The van der Waals surface area contributed by atoms with Crippen LogP contribution in [0.3, 0.4) is 0 Å². The largest absolute Gasteiger partial charge is 0.356 e. The Bertz CT molecular complexity index is 4320. The quantitative estimate of drug-likeness (QED) is 0.0839. The van der Waals surface area contributed by atoms with E-state index in [-0.39, 0.29) is 92.3 Å². The first-order chi connectivity index (χ1) is 44.0. The maximum absolute atomic E-state index is 4.65. The third-order valence-electron chi connectivity index (χ3n) is 15.1. The van der Waals surface area contributed by atoms with E-state index in [1.54, 1.807) is 6.20 Å². The van der Waals surface area contributed by atoms with E-state index >= 15 is 0 Å². The molecule has 0 fully saturated rings. The molecule has 8 heterocycles. The predicted octanol–water partition coefficient (Wildman–Crippen LogP) is 15.9. The van der Waals surface area contributed by atoms with Crippen molar-refractivity contribution in [2.45, 2.75) is 148 Å². The average Bonchev–Trinajstić information content (AvgIpc) is 1.76. The molecular weight excluding hydrogens is 1890 g/mol. The van der Waals surface area contributed by atoms with E-state index < -0.39 is 0 Å². The van der Waals surface area contributed by atoms with Gasteiger partial charge in [-0.05, 0) is 114 Å². The molecule has 502 valence electrons. The van der Waals surface area contributed by atoms with E-state index in [2.05, 4.69) is 214 Å². The third kappa shape index (κ3) is 19.0. The molecule has 0 atom stereocenters. The van der Waals surface area contributed by atoms with E-state index in [0.29, 0.717) is 5.92 Å². The summed E-state index contributed by atoms with van der Waals surface area (Å²) >= 11 is 0. The van der Waals surface area contributed by atoms with Crippen LogP contribution in [-0.4, -0.2) is 79.0 Å². The molecule has 12 rings (SSSR count). The average molecular weight is 1980 g/mol. The number of hydrogen-bond acceptors (Lipinski definition) is 12. The zero-order valence-electron chi connectivity index (χ0n) is 56.6. The van der Waals surface area contributed by atoms with Gasteiger partial charge in [0.1, 0.15) is 23.3 Å². The van der Waals surface area contributed by atoms with Gasteiger partial charge in [-0.15, -0.1) is 68.4 Å². The van der Waals surface area contributed by atoms with Gasteiger partial charge in [-0.3, -0.25) is 0 Å². The second-order valence-corrected chi connectivity index (χ2v) is 23.4. The Labute approximate surface area is 615 Å². The van der Waals surface area contributed by atoms with Crippen molar-refractivity contribution in [1.29, 1.82) is 0 Å². The molecule has 20 heteroatoms. The van der Waals surface area contributed by atoms with Crippen molar-refractivity contribution in [1.82, 2.24) is 79.0 Å². The van der Waals surface area contributed by atoms with E-state index in [0.717, 1.165) is 169 Å². The summed E-state index contributed by atoms with van der Waals surface area (Å²) in [5, 5.41) is 35.5. The van der Waals surface area contributed by atoms with Crippen molar-refractivity contribution in [2.75, 3.05) is 0 Å². The van der Waals surface area contributed by atoms with Crippen molar-refractivity contribution in [3.63, 3.8) is 0 Å². The van der Waals surface area contributed by atoms with Gasteiger partial charge in [0, 0.05) is 128 Å². The Morgan fingerprint density at radius 1 is 0.400 bits per heavy atom. The summed E-state index contributed by atoms with van der Waals surface area (Å²) in [7, 11) is 0. The van der Waals surface area contributed by atoms with Gasteiger partial charge in [-0.1, -0.05) is 205 Å². The number of para-hydroxylation sites is 4. The zero-order chi connectivity index (χ0) is 64.7. The summed E-state index contributed by atoms with van der Waals surface area (Å²) < 4.78 is 8.47. The van der Waals surface area contributed by atoms with Gasteiger partial charge in [-0.2, -0.15) is 20.4 Å². The smallest absolute Gasteiger partial charge is 0.131 e. The second kappa shape index (κ2) is 37.2. The molecule has 0 aliphatic rings. The molecule has 0 unspecified atom stereocenters. The van der Waals surface area contributed by atoms with Crippen molar-refractivity contribution in [3.05, 3.63) is 239 Å². The van der Waals surface area contributed by atoms with Gasteiger partial charge in [0.25, 0.3) is 0 Å². The maximum Gasteiger partial charge on any atom is 0.131 e. The molecule has 0 aliphatic heterocycles. The number of benzene rings is 4. The van der Waals surface area contributed by atoms with Gasteiger partial charge in [0.15, 0.2) is 0 Å². The van der Waals surface area contributed by atoms with Crippen LogP contribution in [0.5, 0.6) is 0 Å².